The van der Waals surface area contributed by atoms with Crippen LogP contribution in [0.15, 0.2) is 160 Å². The van der Waals surface area contributed by atoms with Crippen molar-refractivity contribution >= 4 is 65.7 Å². The average molecular weight is 576 g/mol. The molecule has 10 aromatic rings. The zero-order valence-corrected chi connectivity index (χ0v) is 24.2. The molecule has 0 aliphatic heterocycles. The Hall–Kier alpha value is -6.06. The van der Waals surface area contributed by atoms with E-state index in [9.17, 15) is 0 Å². The first-order valence-corrected chi connectivity index (χ1v) is 15.3. The molecule has 210 valence electrons. The summed E-state index contributed by atoms with van der Waals surface area (Å²) >= 11 is 0. The van der Waals surface area contributed by atoms with E-state index in [4.69, 9.17) is 8.83 Å². The minimum atomic E-state index is 0.865. The van der Waals surface area contributed by atoms with Gasteiger partial charge in [0.2, 0.25) is 0 Å². The summed E-state index contributed by atoms with van der Waals surface area (Å²) in [5.74, 6) is 0. The molecule has 3 heteroatoms. The summed E-state index contributed by atoms with van der Waals surface area (Å²) in [4.78, 5) is 0. The third-order valence-corrected chi connectivity index (χ3v) is 9.19. The first-order valence-electron chi connectivity index (χ1n) is 15.3. The monoisotopic (exact) mass is 575 g/mol. The molecule has 10 rings (SSSR count). The lowest BCUT2D eigenvalue weighted by molar-refractivity contribution is 0.663. The fraction of sp³-hybridized carbons (Fsp3) is 0. The summed E-state index contributed by atoms with van der Waals surface area (Å²) in [6.45, 7) is 0. The molecule has 0 atom stereocenters. The second-order valence-corrected chi connectivity index (χ2v) is 11.7. The number of furan rings is 2. The first kappa shape index (κ1) is 24.4. The van der Waals surface area contributed by atoms with Crippen molar-refractivity contribution in [2.75, 3.05) is 0 Å². The standard InChI is InChI=1S/C42H25NO2/c1-3-9-26(10-4-1)27-16-19-37-33(24-27)41-39(44-37)21-22-40-42(41)34-25-29(17-20-38(34)45-40)28-15-18-36-32(23-28)31-13-7-8-14-35(31)43(36)30-11-5-2-6-12-30/h1-25H. The van der Waals surface area contributed by atoms with Gasteiger partial charge < -0.3 is 13.4 Å². The van der Waals surface area contributed by atoms with E-state index in [-0.39, 0.29) is 0 Å². The van der Waals surface area contributed by atoms with Crippen LogP contribution >= 0.6 is 0 Å². The van der Waals surface area contributed by atoms with Gasteiger partial charge in [0, 0.05) is 38.0 Å². The molecule has 0 spiro atoms. The molecular formula is C42H25NO2. The van der Waals surface area contributed by atoms with Gasteiger partial charge in [-0.2, -0.15) is 0 Å². The van der Waals surface area contributed by atoms with E-state index in [1.807, 2.05) is 18.2 Å². The molecule has 3 aromatic heterocycles. The summed E-state index contributed by atoms with van der Waals surface area (Å²) in [5.41, 5.74) is 11.7. The van der Waals surface area contributed by atoms with Crippen LogP contribution in [0.25, 0.3) is 93.6 Å². The Morgan fingerprint density at radius 2 is 0.822 bits per heavy atom. The molecule has 0 N–H and O–H groups in total. The van der Waals surface area contributed by atoms with Crippen LogP contribution in [0.4, 0.5) is 0 Å². The molecule has 0 saturated carbocycles. The molecule has 45 heavy (non-hydrogen) atoms. The van der Waals surface area contributed by atoms with Crippen molar-refractivity contribution in [3.63, 3.8) is 0 Å². The number of aromatic nitrogens is 1. The number of para-hydroxylation sites is 2. The van der Waals surface area contributed by atoms with Crippen LogP contribution in [0.5, 0.6) is 0 Å². The maximum Gasteiger partial charge on any atom is 0.136 e. The quantitative estimate of drug-likeness (QED) is 0.210. The molecule has 3 heterocycles. The lowest BCUT2D eigenvalue weighted by atomic mass is 9.98. The third-order valence-electron chi connectivity index (χ3n) is 9.19. The fourth-order valence-electron chi connectivity index (χ4n) is 7.13. The zero-order chi connectivity index (χ0) is 29.5. The third kappa shape index (κ3) is 3.58. The van der Waals surface area contributed by atoms with Crippen LogP contribution in [0.1, 0.15) is 0 Å². The van der Waals surface area contributed by atoms with Gasteiger partial charge in [0.1, 0.15) is 22.3 Å². The lowest BCUT2D eigenvalue weighted by Crippen LogP contribution is -1.92. The van der Waals surface area contributed by atoms with Crippen molar-refractivity contribution in [2.45, 2.75) is 0 Å². The van der Waals surface area contributed by atoms with Crippen LogP contribution in [-0.2, 0) is 0 Å². The normalized spacial score (nSPS) is 12.0. The molecule has 0 radical (unpaired) electrons. The highest BCUT2D eigenvalue weighted by molar-refractivity contribution is 6.26. The minimum absolute atomic E-state index is 0.865. The SMILES string of the molecule is c1ccc(-c2ccc3oc4ccc5oc6ccc(-c7ccc8c(c7)c7ccccc7n8-c7ccccc7)cc6c5c4c3c2)cc1. The Morgan fingerprint density at radius 1 is 0.333 bits per heavy atom. The molecule has 0 unspecified atom stereocenters. The minimum Gasteiger partial charge on any atom is -0.456 e. The summed E-state index contributed by atoms with van der Waals surface area (Å²) in [5, 5.41) is 6.86. The maximum atomic E-state index is 6.42. The first-order chi connectivity index (χ1) is 22.3. The van der Waals surface area contributed by atoms with Gasteiger partial charge >= 0.3 is 0 Å². The van der Waals surface area contributed by atoms with Gasteiger partial charge in [-0.3, -0.25) is 0 Å². The highest BCUT2D eigenvalue weighted by Gasteiger charge is 2.18. The molecule has 7 aromatic carbocycles. The summed E-state index contributed by atoms with van der Waals surface area (Å²) in [6.07, 6.45) is 0. The topological polar surface area (TPSA) is 31.2 Å². The Bertz CT molecular complexity index is 2740. The molecule has 0 aliphatic carbocycles. The Morgan fingerprint density at radius 3 is 1.49 bits per heavy atom. The van der Waals surface area contributed by atoms with Crippen LogP contribution in [0, 0.1) is 0 Å². The van der Waals surface area contributed by atoms with E-state index in [1.54, 1.807) is 0 Å². The van der Waals surface area contributed by atoms with Crippen molar-refractivity contribution in [1.29, 1.82) is 0 Å². The van der Waals surface area contributed by atoms with Gasteiger partial charge in [-0.05, 0) is 89.0 Å². The van der Waals surface area contributed by atoms with E-state index < -0.39 is 0 Å². The lowest BCUT2D eigenvalue weighted by Gasteiger charge is -2.08. The number of nitrogens with zero attached hydrogens (tertiary/aromatic N) is 1. The summed E-state index contributed by atoms with van der Waals surface area (Å²) in [6, 6.07) is 53.6. The summed E-state index contributed by atoms with van der Waals surface area (Å²) < 4.78 is 15.1. The average Bonchev–Trinajstić information content (AvgIpc) is 3.77. The zero-order valence-electron chi connectivity index (χ0n) is 24.2. The van der Waals surface area contributed by atoms with Crippen molar-refractivity contribution in [2.24, 2.45) is 0 Å². The molecular weight excluding hydrogens is 550 g/mol. The van der Waals surface area contributed by atoms with E-state index in [0.717, 1.165) is 55.1 Å². The number of hydrogen-bond acceptors (Lipinski definition) is 2. The van der Waals surface area contributed by atoms with Gasteiger partial charge in [0.25, 0.3) is 0 Å². The Labute approximate surface area is 258 Å². The van der Waals surface area contributed by atoms with E-state index in [2.05, 4.69) is 138 Å². The van der Waals surface area contributed by atoms with Gasteiger partial charge in [-0.25, -0.2) is 0 Å². The van der Waals surface area contributed by atoms with Gasteiger partial charge in [-0.15, -0.1) is 0 Å². The number of fused-ring (bicyclic) bond motifs is 10. The van der Waals surface area contributed by atoms with Crippen molar-refractivity contribution in [3.05, 3.63) is 152 Å². The predicted octanol–water partition coefficient (Wildman–Crippen LogP) is 11.9. The number of rotatable bonds is 3. The number of hydrogen-bond donors (Lipinski definition) is 0. The van der Waals surface area contributed by atoms with Crippen LogP contribution < -0.4 is 0 Å². The van der Waals surface area contributed by atoms with Gasteiger partial charge in [-0.1, -0.05) is 84.9 Å². The van der Waals surface area contributed by atoms with E-state index in [1.165, 1.54) is 38.5 Å². The van der Waals surface area contributed by atoms with Gasteiger partial charge in [0.05, 0.1) is 11.0 Å². The van der Waals surface area contributed by atoms with Crippen molar-refractivity contribution in [3.8, 4) is 27.9 Å². The van der Waals surface area contributed by atoms with Crippen LogP contribution in [0.2, 0.25) is 0 Å². The maximum absolute atomic E-state index is 6.42. The Kier molecular flexibility index (Phi) is 5.00. The highest BCUT2D eigenvalue weighted by Crippen LogP contribution is 2.42. The van der Waals surface area contributed by atoms with E-state index >= 15 is 0 Å². The second kappa shape index (κ2) is 9.22. The molecule has 0 saturated heterocycles. The molecule has 0 bridgehead atoms. The highest BCUT2D eigenvalue weighted by atomic mass is 16.3. The van der Waals surface area contributed by atoms with Crippen LogP contribution in [0.3, 0.4) is 0 Å². The fourth-order valence-corrected chi connectivity index (χ4v) is 7.13. The summed E-state index contributed by atoms with van der Waals surface area (Å²) in [7, 11) is 0. The second-order valence-electron chi connectivity index (χ2n) is 11.7. The van der Waals surface area contributed by atoms with Crippen molar-refractivity contribution in [1.82, 2.24) is 4.57 Å². The Balaban J connectivity index is 1.20. The number of benzene rings is 7. The van der Waals surface area contributed by atoms with Gasteiger partial charge in [0.15, 0.2) is 0 Å². The smallest absolute Gasteiger partial charge is 0.136 e. The molecule has 0 aliphatic rings. The molecule has 0 amide bonds. The predicted molar refractivity (Wildman–Crippen MR) is 186 cm³/mol. The molecule has 0 fully saturated rings. The van der Waals surface area contributed by atoms with E-state index in [0.29, 0.717) is 0 Å². The van der Waals surface area contributed by atoms with Crippen molar-refractivity contribution < 1.29 is 8.83 Å². The largest absolute Gasteiger partial charge is 0.456 e. The van der Waals surface area contributed by atoms with Crippen LogP contribution in [-0.4, -0.2) is 4.57 Å². The molecule has 3 nitrogen and oxygen atoms in total.